The second-order valence-electron chi connectivity index (χ2n) is 34.6. The third kappa shape index (κ3) is 21.2. The summed E-state index contributed by atoms with van der Waals surface area (Å²) in [5, 5.41) is 12.8. The number of benzene rings is 5. The first kappa shape index (κ1) is 90.6. The van der Waals surface area contributed by atoms with Crippen molar-refractivity contribution in [1.82, 2.24) is 73.5 Å². The van der Waals surface area contributed by atoms with Gasteiger partial charge in [0.1, 0.15) is 41.4 Å². The number of methoxy groups -OCH3 is 1. The molecule has 3 aliphatic heterocycles. The van der Waals surface area contributed by atoms with Crippen molar-refractivity contribution in [3.05, 3.63) is 254 Å². The Kier molecular flexibility index (Phi) is 30.0. The Hall–Kier alpha value is -11.2. The molecule has 0 radical (unpaired) electrons. The second kappa shape index (κ2) is 40.0. The van der Waals surface area contributed by atoms with Gasteiger partial charge in [-0.05, 0) is 261 Å². The van der Waals surface area contributed by atoms with Crippen LogP contribution in [0.15, 0.2) is 147 Å². The maximum absolute atomic E-state index is 11.7. The van der Waals surface area contributed by atoms with Crippen molar-refractivity contribution in [2.45, 2.75) is 251 Å². The van der Waals surface area contributed by atoms with E-state index in [1.165, 1.54) is 104 Å². The molecule has 3 amide bonds. The average molecular weight is 1650 g/mol. The number of ether oxygens (including phenoxy) is 2. The number of pyridine rings is 2. The predicted molar refractivity (Wildman–Crippen MR) is 491 cm³/mol. The highest BCUT2D eigenvalue weighted by molar-refractivity contribution is 6.86. The van der Waals surface area contributed by atoms with Crippen LogP contribution in [0.2, 0.25) is 13.1 Å². The number of imidazole rings is 3. The molecule has 7 aromatic heterocycles. The number of nitrogens with zero attached hydrogens (tertiary/aromatic N) is 16. The van der Waals surface area contributed by atoms with Crippen LogP contribution in [0.5, 0.6) is 11.6 Å². The van der Waals surface area contributed by atoms with Crippen LogP contribution in [0.3, 0.4) is 0 Å². The zero-order chi connectivity index (χ0) is 87.4. The summed E-state index contributed by atoms with van der Waals surface area (Å²) in [4.78, 5) is 57.2. The number of likely N-dealkylation sites (N-methyl/N-ethyl adjacent to an activating group) is 1. The average Bonchev–Trinajstić information content (AvgIpc) is 1.57. The van der Waals surface area contributed by atoms with Crippen molar-refractivity contribution in [2.75, 3.05) is 44.2 Å². The van der Waals surface area contributed by atoms with E-state index in [0.29, 0.717) is 60.3 Å². The van der Waals surface area contributed by atoms with E-state index in [0.717, 1.165) is 107 Å². The van der Waals surface area contributed by atoms with E-state index >= 15 is 0 Å². The first-order valence-electron chi connectivity index (χ1n) is 43.3. The number of urea groups is 1. The van der Waals surface area contributed by atoms with Crippen LogP contribution in [-0.4, -0.2) is 123 Å². The summed E-state index contributed by atoms with van der Waals surface area (Å²) < 4.78 is 27.1. The number of amides is 3. The molecule has 12 aromatic rings. The SMILES string of the molecule is CC(C)c1ccc2c(c1)CC(=O)N2C.CCOc1cc(C(C)C)ccc1-n1cnc(C)n1.CCc1cn(-c2ccc(C(C)C)c3c2CC3)cn1.CNC(=O)N1CCCc2nc(C(C)C)ccc21.COc1nc(C(C)C)ccc1-n1cnc(C)c1.Cc1cn(-c2ccc(C(C)C)c3c2[Si](C)(C)OC3)cn1.Cc1ncn(-c2ccc(C(C)C)c3c2CC3)n1. The minimum atomic E-state index is -1.80. The van der Waals surface area contributed by atoms with Crippen LogP contribution < -0.4 is 29.8 Å². The standard InChI is InChI=1S/C16H22N2OSi.C16H20N2.C14H19N3O.C14H17N3.C13H17N3O.C13H19N3O.C12H15NO/c1-11(2)13-6-7-15(18-8-12(3)17-10-18)16-14(13)9-19-20(16,4)5;1-4-12-9-18(10-17-12)16-8-7-13(11(2)3)14-5-6-15(14)16;1-5-18-14-8-12(10(2)3)6-7-13(14)17-9-15-11(4)16-17;1-9(2)11-6-7-14(13-5-4-12(11)13)17-8-15-10(3)16-17;1-9(2)11-5-6-12(13(15-11)17-4)16-7-10(3)14-8-16;1-9(2)10-6-7-12-11(15-10)5-4-8-16(12)13(17)14-3;1-8(2)9-4-5-11-10(6-9)7-12(14)13(11)3/h6-8,10-11H,9H2,1-5H3;7-11H,4-6H2,1-3H3;6-10H,5H2,1-4H3;6-9H,4-5H2,1-3H3;5-9H,1-4H3;6-7,9H,4-5,8H2,1-3H3,(H,14,17);4-6,8H,7H2,1-3H3. The number of rotatable bonds is 16. The molecule has 23 heteroatoms. The summed E-state index contributed by atoms with van der Waals surface area (Å²) in [6.45, 7) is 49.4. The lowest BCUT2D eigenvalue weighted by Crippen LogP contribution is -2.42. The third-order valence-electron chi connectivity index (χ3n) is 23.0. The van der Waals surface area contributed by atoms with Gasteiger partial charge in [0, 0.05) is 67.7 Å². The minimum absolute atomic E-state index is 0.0509. The van der Waals surface area contributed by atoms with E-state index in [1.54, 1.807) is 53.2 Å². The van der Waals surface area contributed by atoms with Crippen LogP contribution in [-0.2, 0) is 60.8 Å². The van der Waals surface area contributed by atoms with Gasteiger partial charge in [0.25, 0.3) is 0 Å². The number of hydrogen-bond acceptors (Lipinski definition) is 14. The number of nitrogens with one attached hydrogen (secondary N) is 1. The molecule has 0 unspecified atom stereocenters. The van der Waals surface area contributed by atoms with Crippen molar-refractivity contribution < 1.29 is 23.5 Å². The van der Waals surface area contributed by atoms with Crippen molar-refractivity contribution in [3.63, 3.8) is 0 Å². The zero-order valence-electron chi connectivity index (χ0n) is 76.4. The number of aryl methyl sites for hydroxylation is 6. The first-order valence-corrected chi connectivity index (χ1v) is 46.3. The normalized spacial score (nSPS) is 13.7. The molecule has 0 saturated heterocycles. The molecule has 10 heterocycles. The summed E-state index contributed by atoms with van der Waals surface area (Å²) in [6, 6.07) is 34.0. The number of carbonyl (C=O) groups is 2. The molecule has 0 bridgehead atoms. The lowest BCUT2D eigenvalue weighted by molar-refractivity contribution is -0.117. The fourth-order valence-corrected chi connectivity index (χ4v) is 18.4. The molecule has 5 aliphatic rings. The van der Waals surface area contributed by atoms with E-state index in [4.69, 9.17) is 13.9 Å². The first-order chi connectivity index (χ1) is 57.7. The van der Waals surface area contributed by atoms with Gasteiger partial charge in [-0.3, -0.25) is 14.7 Å². The van der Waals surface area contributed by atoms with E-state index in [-0.39, 0.29) is 11.9 Å². The molecule has 640 valence electrons. The number of anilines is 2. The molecule has 22 nitrogen and oxygen atoms in total. The topological polar surface area (TPSA) is 221 Å². The quantitative estimate of drug-likeness (QED) is 0.0889. The fraction of sp³-hybridized carbons (Fsp3) is 0.439. The highest BCUT2D eigenvalue weighted by atomic mass is 28.4. The molecule has 0 spiro atoms. The maximum Gasteiger partial charge on any atom is 0.321 e. The van der Waals surface area contributed by atoms with E-state index < -0.39 is 8.32 Å². The molecule has 17 rings (SSSR count). The number of fused-ring (bicyclic) bond motifs is 5. The van der Waals surface area contributed by atoms with Gasteiger partial charge in [-0.2, -0.15) is 10.2 Å². The lowest BCUT2D eigenvalue weighted by Gasteiger charge is -2.28. The van der Waals surface area contributed by atoms with Gasteiger partial charge < -0.3 is 37.8 Å². The van der Waals surface area contributed by atoms with Gasteiger partial charge in [0.2, 0.25) is 20.1 Å². The van der Waals surface area contributed by atoms with Crippen LogP contribution in [0.4, 0.5) is 16.2 Å². The molecule has 0 saturated carbocycles. The fourth-order valence-electron chi connectivity index (χ4n) is 15.9. The van der Waals surface area contributed by atoms with Gasteiger partial charge in [-0.25, -0.2) is 44.1 Å². The van der Waals surface area contributed by atoms with E-state index in [2.05, 4.69) is 256 Å². The second-order valence-corrected chi connectivity index (χ2v) is 38.4. The summed E-state index contributed by atoms with van der Waals surface area (Å²) >= 11 is 0. The maximum atomic E-state index is 11.7. The number of aromatic nitrogens is 14. The van der Waals surface area contributed by atoms with Crippen molar-refractivity contribution in [2.24, 2.45) is 0 Å². The molecule has 5 aromatic carbocycles. The van der Waals surface area contributed by atoms with Crippen molar-refractivity contribution in [1.29, 1.82) is 0 Å². The Morgan fingerprint density at radius 1 is 0.512 bits per heavy atom. The van der Waals surface area contributed by atoms with Crippen molar-refractivity contribution >= 4 is 36.8 Å². The highest BCUT2D eigenvalue weighted by Gasteiger charge is 2.39. The molecule has 2 aliphatic carbocycles. The summed E-state index contributed by atoms with van der Waals surface area (Å²) in [5.74, 6) is 6.86. The molecule has 121 heavy (non-hydrogen) atoms. The Labute approximate surface area is 719 Å². The predicted octanol–water partition coefficient (Wildman–Crippen LogP) is 20.1. The molecular formula is C98H129N17O5Si. The van der Waals surface area contributed by atoms with Gasteiger partial charge in [0.05, 0.1) is 79.9 Å². The molecule has 0 atom stereocenters. The Morgan fingerprint density at radius 3 is 1.50 bits per heavy atom. The number of carbonyl (C=O) groups excluding carboxylic acids is 2. The monoisotopic (exact) mass is 1650 g/mol. The summed E-state index contributed by atoms with van der Waals surface area (Å²) in [7, 11) is 3.33. The van der Waals surface area contributed by atoms with Crippen molar-refractivity contribution in [3.8, 4) is 40.1 Å². The van der Waals surface area contributed by atoms with Gasteiger partial charge in [-0.1, -0.05) is 140 Å². The van der Waals surface area contributed by atoms with E-state index in [1.807, 2.05) is 100 Å². The van der Waals surface area contributed by atoms with Crippen LogP contribution in [0.1, 0.15) is 266 Å². The summed E-state index contributed by atoms with van der Waals surface area (Å²) in [5.41, 5.74) is 29.7. The molecule has 0 fully saturated rings. The smallest absolute Gasteiger partial charge is 0.321 e. The van der Waals surface area contributed by atoms with Crippen LogP contribution in [0, 0.1) is 27.7 Å². The third-order valence-corrected chi connectivity index (χ3v) is 25.7. The van der Waals surface area contributed by atoms with Gasteiger partial charge in [-0.15, -0.1) is 0 Å². The molecular weight excluding hydrogens is 1520 g/mol. The highest BCUT2D eigenvalue weighted by Crippen LogP contribution is 2.39. The Bertz CT molecular complexity index is 5560. The van der Waals surface area contributed by atoms with Crippen LogP contribution >= 0.6 is 0 Å². The largest absolute Gasteiger partial charge is 0.492 e. The summed E-state index contributed by atoms with van der Waals surface area (Å²) in [6.07, 6.45) is 23.7. The molecule has 1 N–H and O–H groups in total. The Balaban J connectivity index is 0.000000138. The minimum Gasteiger partial charge on any atom is -0.492 e. The lowest BCUT2D eigenvalue weighted by atomic mass is 9.80. The zero-order valence-corrected chi connectivity index (χ0v) is 77.4. The van der Waals surface area contributed by atoms with Crippen LogP contribution in [0.25, 0.3) is 28.4 Å². The van der Waals surface area contributed by atoms with Gasteiger partial charge >= 0.3 is 6.03 Å². The Morgan fingerprint density at radius 2 is 1.00 bits per heavy atom. The van der Waals surface area contributed by atoms with Gasteiger partial charge in [0.15, 0.2) is 0 Å². The number of hydrogen-bond donors (Lipinski definition) is 1. The van der Waals surface area contributed by atoms with E-state index in [9.17, 15) is 9.59 Å².